The molecule has 0 heterocycles. The molecule has 0 saturated carbocycles. The topological polar surface area (TPSA) is 57.9 Å². The Balaban J connectivity index is 4.85. The van der Waals surface area contributed by atoms with E-state index in [1.807, 2.05) is 0 Å². The van der Waals surface area contributed by atoms with E-state index in [-0.39, 0.29) is 0 Å². The van der Waals surface area contributed by atoms with Crippen LogP contribution >= 0.6 is 10.7 Å². The fourth-order valence-corrected chi connectivity index (χ4v) is 0.267. The highest BCUT2D eigenvalue weighted by atomic mass is 35.7. The molecule has 0 unspecified atom stereocenters. The monoisotopic (exact) mass is 167 g/mol. The summed E-state index contributed by atoms with van der Waals surface area (Å²) in [6, 6.07) is 1.56. The first-order valence-electron chi connectivity index (χ1n) is 2.17. The maximum Gasteiger partial charge on any atom is 0.251 e. The van der Waals surface area contributed by atoms with Crippen molar-refractivity contribution in [3.63, 3.8) is 0 Å². The zero-order valence-corrected chi connectivity index (χ0v) is 6.62. The van der Waals surface area contributed by atoms with Crippen LogP contribution in [0, 0.1) is 11.3 Å². The minimum Gasteiger partial charge on any atom is -0.211 e. The molecule has 0 amide bonds. The van der Waals surface area contributed by atoms with E-state index in [1.165, 1.54) is 13.8 Å². The average molecular weight is 168 g/mol. The maximum absolute atomic E-state index is 10.4. The standard InChI is InChI=1S/C4H6ClNO2S/c1-4(2,3-6)9(5,7)8/h1-2H3. The Morgan fingerprint density at radius 1 is 1.56 bits per heavy atom. The van der Waals surface area contributed by atoms with Gasteiger partial charge in [-0.15, -0.1) is 0 Å². The molecule has 0 radical (unpaired) electrons. The summed E-state index contributed by atoms with van der Waals surface area (Å²) in [5.41, 5.74) is 0. The summed E-state index contributed by atoms with van der Waals surface area (Å²) >= 11 is 0. The third-order valence-corrected chi connectivity index (χ3v) is 3.35. The summed E-state index contributed by atoms with van der Waals surface area (Å²) in [6.45, 7) is 2.49. The second-order valence-corrected chi connectivity index (χ2v) is 5.18. The number of rotatable bonds is 1. The van der Waals surface area contributed by atoms with Crippen LogP contribution in [0.3, 0.4) is 0 Å². The number of hydrogen-bond donors (Lipinski definition) is 0. The van der Waals surface area contributed by atoms with Crippen molar-refractivity contribution >= 4 is 19.7 Å². The molecule has 0 fully saturated rings. The highest BCUT2D eigenvalue weighted by molar-refractivity contribution is 8.15. The van der Waals surface area contributed by atoms with E-state index in [4.69, 9.17) is 15.9 Å². The van der Waals surface area contributed by atoms with Crippen molar-refractivity contribution in [2.24, 2.45) is 0 Å². The first kappa shape index (κ1) is 8.73. The Labute approximate surface area is 58.7 Å². The van der Waals surface area contributed by atoms with Gasteiger partial charge in [0.25, 0.3) is 9.05 Å². The molecule has 3 nitrogen and oxygen atoms in total. The summed E-state index contributed by atoms with van der Waals surface area (Å²) in [5.74, 6) is 0. The molecule has 5 heteroatoms. The van der Waals surface area contributed by atoms with Gasteiger partial charge in [0.1, 0.15) is 0 Å². The number of halogens is 1. The minimum atomic E-state index is -3.74. The van der Waals surface area contributed by atoms with Gasteiger partial charge < -0.3 is 0 Å². The highest BCUT2D eigenvalue weighted by Crippen LogP contribution is 2.18. The molecule has 0 aliphatic carbocycles. The molecule has 0 spiro atoms. The molecule has 0 bridgehead atoms. The first-order valence-corrected chi connectivity index (χ1v) is 4.47. The van der Waals surface area contributed by atoms with Gasteiger partial charge in [0.05, 0.1) is 6.07 Å². The summed E-state index contributed by atoms with van der Waals surface area (Å²) < 4.78 is 19.4. The molecule has 0 aromatic heterocycles. The molecule has 0 aromatic rings. The van der Waals surface area contributed by atoms with Crippen molar-refractivity contribution in [1.29, 1.82) is 5.26 Å². The van der Waals surface area contributed by atoms with Crippen LogP contribution in [0.5, 0.6) is 0 Å². The quantitative estimate of drug-likeness (QED) is 0.545. The smallest absolute Gasteiger partial charge is 0.211 e. The van der Waals surface area contributed by atoms with Crippen molar-refractivity contribution < 1.29 is 8.42 Å². The lowest BCUT2D eigenvalue weighted by Gasteiger charge is -2.07. The van der Waals surface area contributed by atoms with E-state index in [0.717, 1.165) is 0 Å². The Hall–Kier alpha value is -0.270. The Kier molecular flexibility index (Phi) is 2.10. The predicted octanol–water partition coefficient (Wildman–Crippen LogP) is 0.857. The van der Waals surface area contributed by atoms with Gasteiger partial charge in [-0.2, -0.15) is 5.26 Å². The van der Waals surface area contributed by atoms with Crippen LogP contribution in [0.25, 0.3) is 0 Å². The molecule has 0 aliphatic rings. The van der Waals surface area contributed by atoms with Gasteiger partial charge in [0.2, 0.25) is 0 Å². The molecule has 0 aliphatic heterocycles. The van der Waals surface area contributed by atoms with Gasteiger partial charge in [-0.05, 0) is 13.8 Å². The Morgan fingerprint density at radius 2 is 1.89 bits per heavy atom. The number of hydrogen-bond acceptors (Lipinski definition) is 3. The van der Waals surface area contributed by atoms with Crippen molar-refractivity contribution in [2.45, 2.75) is 18.6 Å². The van der Waals surface area contributed by atoms with E-state index in [1.54, 1.807) is 6.07 Å². The van der Waals surface area contributed by atoms with Crippen LogP contribution in [0.15, 0.2) is 0 Å². The van der Waals surface area contributed by atoms with Crippen molar-refractivity contribution in [1.82, 2.24) is 0 Å². The van der Waals surface area contributed by atoms with Crippen molar-refractivity contribution in [3.8, 4) is 6.07 Å². The van der Waals surface area contributed by atoms with Crippen LogP contribution in [-0.2, 0) is 9.05 Å². The van der Waals surface area contributed by atoms with Crippen molar-refractivity contribution in [3.05, 3.63) is 0 Å². The SMILES string of the molecule is CC(C)(C#N)S(=O)(=O)Cl. The van der Waals surface area contributed by atoms with E-state index in [0.29, 0.717) is 0 Å². The molecule has 0 saturated heterocycles. The normalized spacial score (nSPS) is 12.7. The van der Waals surface area contributed by atoms with Gasteiger partial charge in [0.15, 0.2) is 4.75 Å². The van der Waals surface area contributed by atoms with Gasteiger partial charge in [-0.25, -0.2) is 8.42 Å². The van der Waals surface area contributed by atoms with Crippen LogP contribution in [-0.4, -0.2) is 13.2 Å². The van der Waals surface area contributed by atoms with Crippen LogP contribution in [0.1, 0.15) is 13.8 Å². The maximum atomic E-state index is 10.4. The second kappa shape index (κ2) is 2.16. The van der Waals surface area contributed by atoms with E-state index >= 15 is 0 Å². The van der Waals surface area contributed by atoms with E-state index in [2.05, 4.69) is 0 Å². The first-order chi connectivity index (χ1) is 3.81. The van der Waals surface area contributed by atoms with Gasteiger partial charge in [0, 0.05) is 10.7 Å². The summed E-state index contributed by atoms with van der Waals surface area (Å²) in [4.78, 5) is 0. The number of nitriles is 1. The molecule has 0 aromatic carbocycles. The Morgan fingerprint density at radius 3 is 1.89 bits per heavy atom. The van der Waals surface area contributed by atoms with Crippen LogP contribution in [0.4, 0.5) is 0 Å². The average Bonchev–Trinajstić information content (AvgIpc) is 1.64. The van der Waals surface area contributed by atoms with Crippen molar-refractivity contribution in [2.75, 3.05) is 0 Å². The molecule has 0 N–H and O–H groups in total. The van der Waals surface area contributed by atoms with Gasteiger partial charge in [-0.3, -0.25) is 0 Å². The van der Waals surface area contributed by atoms with Gasteiger partial charge >= 0.3 is 0 Å². The zero-order chi connectivity index (χ0) is 7.71. The molecular weight excluding hydrogens is 162 g/mol. The molecule has 9 heavy (non-hydrogen) atoms. The molecule has 0 atom stereocenters. The fourth-order valence-electron chi connectivity index (χ4n) is 0.0545. The third kappa shape index (κ3) is 1.84. The fraction of sp³-hybridized carbons (Fsp3) is 0.750. The Bertz CT molecular complexity index is 236. The zero-order valence-electron chi connectivity index (χ0n) is 5.05. The highest BCUT2D eigenvalue weighted by Gasteiger charge is 2.32. The van der Waals surface area contributed by atoms with E-state index in [9.17, 15) is 8.42 Å². The summed E-state index contributed by atoms with van der Waals surface area (Å²) in [5, 5.41) is 8.22. The predicted molar refractivity (Wildman–Crippen MR) is 34.5 cm³/mol. The second-order valence-electron chi connectivity index (χ2n) is 2.06. The lowest BCUT2D eigenvalue weighted by atomic mass is 10.2. The number of nitrogens with zero attached hydrogens (tertiary/aromatic N) is 1. The molecule has 0 rings (SSSR count). The lowest BCUT2D eigenvalue weighted by Crippen LogP contribution is -2.24. The third-order valence-electron chi connectivity index (χ3n) is 0.879. The largest absolute Gasteiger partial charge is 0.251 e. The van der Waals surface area contributed by atoms with E-state index < -0.39 is 13.8 Å². The van der Waals surface area contributed by atoms with Gasteiger partial charge in [-0.1, -0.05) is 0 Å². The van der Waals surface area contributed by atoms with Crippen LogP contribution in [0.2, 0.25) is 0 Å². The lowest BCUT2D eigenvalue weighted by molar-refractivity contribution is 0.589. The summed E-state index contributed by atoms with van der Waals surface area (Å²) in [7, 11) is 1.13. The summed E-state index contributed by atoms with van der Waals surface area (Å²) in [6.07, 6.45) is 0. The minimum absolute atomic E-state index is 1.25. The molecule has 52 valence electrons. The molecular formula is C4H6ClNO2S. The van der Waals surface area contributed by atoms with Crippen LogP contribution < -0.4 is 0 Å².